The van der Waals surface area contributed by atoms with Crippen molar-refractivity contribution in [2.45, 2.75) is 38.4 Å². The summed E-state index contributed by atoms with van der Waals surface area (Å²) < 4.78 is 92.1. The van der Waals surface area contributed by atoms with Gasteiger partial charge in [0.25, 0.3) is 0 Å². The van der Waals surface area contributed by atoms with Gasteiger partial charge in [-0.15, -0.1) is 0 Å². The van der Waals surface area contributed by atoms with Gasteiger partial charge in [-0.1, -0.05) is 12.7 Å². The second-order valence-corrected chi connectivity index (χ2v) is 8.53. The van der Waals surface area contributed by atoms with Crippen LogP contribution in [0.4, 0.5) is 31.1 Å². The van der Waals surface area contributed by atoms with E-state index in [9.17, 15) is 45.5 Å². The van der Waals surface area contributed by atoms with Gasteiger partial charge in [-0.05, 0) is 19.8 Å². The van der Waals surface area contributed by atoms with Gasteiger partial charge in [0.05, 0.1) is 6.42 Å². The number of benzene rings is 1. The van der Waals surface area contributed by atoms with Gasteiger partial charge >= 0.3 is 18.2 Å². The van der Waals surface area contributed by atoms with E-state index in [2.05, 4.69) is 16.6 Å². The fraction of sp³-hybridized carbons (Fsp3) is 0.500. The summed E-state index contributed by atoms with van der Waals surface area (Å²) in [6.45, 7) is 1.32. The predicted octanol–water partition coefficient (Wildman–Crippen LogP) is 3.38. The summed E-state index contributed by atoms with van der Waals surface area (Å²) in [5, 5.41) is 2.35. The number of hydrogen-bond acceptors (Lipinski definition) is 7. The van der Waals surface area contributed by atoms with E-state index in [1.54, 1.807) is 0 Å². The van der Waals surface area contributed by atoms with E-state index in [1.165, 1.54) is 6.08 Å². The lowest BCUT2D eigenvalue weighted by molar-refractivity contribution is -0.162. The lowest BCUT2D eigenvalue weighted by Crippen LogP contribution is -2.49. The summed E-state index contributed by atoms with van der Waals surface area (Å²) in [4.78, 5) is 50.5. The Bertz CT molecular complexity index is 1060. The number of halogens is 6. The number of carbonyl (C=O) groups is 4. The summed E-state index contributed by atoms with van der Waals surface area (Å²) in [5.74, 6) is -8.42. The summed E-state index contributed by atoms with van der Waals surface area (Å²) in [6, 6.07) is -1.23. The molecule has 216 valence electrons. The van der Waals surface area contributed by atoms with E-state index < -0.39 is 90.3 Å². The number of nitrogens with zero attached hydrogens (tertiary/aromatic N) is 1. The fourth-order valence-electron chi connectivity index (χ4n) is 3.55. The zero-order valence-corrected chi connectivity index (χ0v) is 20.7. The minimum absolute atomic E-state index is 0.0122. The molecule has 39 heavy (non-hydrogen) atoms. The van der Waals surface area contributed by atoms with Crippen LogP contribution in [0.25, 0.3) is 0 Å². The van der Waals surface area contributed by atoms with E-state index in [-0.39, 0.29) is 32.5 Å². The topological polar surface area (TPSA) is 111 Å². The molecule has 1 aromatic rings. The monoisotopic (exact) mass is 568 g/mol. The highest BCUT2D eigenvalue weighted by Gasteiger charge is 2.34. The second kappa shape index (κ2) is 13.8. The average molecular weight is 568 g/mol. The van der Waals surface area contributed by atoms with Crippen LogP contribution in [0.2, 0.25) is 0 Å². The average Bonchev–Trinajstić information content (AvgIpc) is 2.88. The van der Waals surface area contributed by atoms with Crippen LogP contribution in [-0.4, -0.2) is 73.8 Å². The summed E-state index contributed by atoms with van der Waals surface area (Å²) in [6.07, 6.45) is -5.27. The molecule has 0 bridgehead atoms. The third-order valence-electron chi connectivity index (χ3n) is 5.64. The van der Waals surface area contributed by atoms with Gasteiger partial charge in [0.15, 0.2) is 24.0 Å². The first-order chi connectivity index (χ1) is 18.2. The molecule has 1 aromatic carbocycles. The number of amides is 2. The van der Waals surface area contributed by atoms with Crippen molar-refractivity contribution >= 4 is 23.8 Å². The molecule has 1 heterocycles. The number of hydrogen-bond donors (Lipinski definition) is 1. The molecule has 1 aliphatic rings. The minimum atomic E-state index is -4.70. The molecule has 0 aliphatic carbocycles. The van der Waals surface area contributed by atoms with Crippen LogP contribution in [-0.2, 0) is 23.9 Å². The first kappa shape index (κ1) is 31.4. The Morgan fingerprint density at radius 1 is 1.13 bits per heavy atom. The summed E-state index contributed by atoms with van der Waals surface area (Å²) in [7, 11) is 0. The van der Waals surface area contributed by atoms with Gasteiger partial charge in [0.1, 0.15) is 25.1 Å². The number of Topliss-reactive ketones (excluding diaryl/α,β-unsaturated/α-hetero) is 1. The van der Waals surface area contributed by atoms with Crippen LogP contribution >= 0.6 is 0 Å². The van der Waals surface area contributed by atoms with Crippen LogP contribution in [0, 0.1) is 30.3 Å². The van der Waals surface area contributed by atoms with E-state index >= 15 is 0 Å². The maximum absolute atomic E-state index is 14.1. The number of carbonyl (C=O) groups excluding carboxylic acids is 4. The van der Waals surface area contributed by atoms with Gasteiger partial charge < -0.3 is 24.4 Å². The molecule has 2 rings (SSSR count). The molecule has 0 spiro atoms. The number of esters is 1. The fourth-order valence-corrected chi connectivity index (χ4v) is 3.55. The van der Waals surface area contributed by atoms with Crippen molar-refractivity contribution in [1.82, 2.24) is 10.2 Å². The number of piperidine rings is 1. The number of nitrogens with one attached hydrogen (secondary N) is 1. The lowest BCUT2D eigenvalue weighted by Gasteiger charge is -2.31. The maximum Gasteiger partial charge on any atom is 0.422 e. The van der Waals surface area contributed by atoms with Crippen molar-refractivity contribution in [2.75, 3.05) is 32.9 Å². The van der Waals surface area contributed by atoms with E-state index in [1.807, 2.05) is 0 Å². The van der Waals surface area contributed by atoms with Gasteiger partial charge in [-0.2, -0.15) is 17.6 Å². The third-order valence-corrected chi connectivity index (χ3v) is 5.64. The zero-order valence-electron chi connectivity index (χ0n) is 20.7. The van der Waals surface area contributed by atoms with Gasteiger partial charge in [-0.3, -0.25) is 14.4 Å². The number of alkyl halides is 3. The molecule has 0 radical (unpaired) electrons. The lowest BCUT2D eigenvalue weighted by atomic mass is 9.95. The zero-order chi connectivity index (χ0) is 29.3. The van der Waals surface area contributed by atoms with Crippen LogP contribution in [0.15, 0.2) is 18.7 Å². The Morgan fingerprint density at radius 3 is 2.36 bits per heavy atom. The number of rotatable bonds is 11. The minimum Gasteiger partial charge on any atom is -0.482 e. The van der Waals surface area contributed by atoms with Crippen LogP contribution < -0.4 is 10.1 Å². The molecule has 0 saturated carbocycles. The Hall–Kier alpha value is -3.78. The van der Waals surface area contributed by atoms with Crippen molar-refractivity contribution in [2.24, 2.45) is 5.92 Å². The van der Waals surface area contributed by atoms with Crippen molar-refractivity contribution in [1.29, 1.82) is 0 Å². The van der Waals surface area contributed by atoms with Crippen molar-refractivity contribution in [3.05, 3.63) is 41.7 Å². The van der Waals surface area contributed by atoms with Gasteiger partial charge in [0, 0.05) is 30.6 Å². The molecule has 1 atom stereocenters. The Labute approximate surface area is 219 Å². The maximum atomic E-state index is 14.1. The van der Waals surface area contributed by atoms with Crippen molar-refractivity contribution < 1.29 is 59.7 Å². The first-order valence-corrected chi connectivity index (χ1v) is 11.6. The highest BCUT2D eigenvalue weighted by molar-refractivity contribution is 5.93. The van der Waals surface area contributed by atoms with Crippen LogP contribution in [0.1, 0.15) is 24.8 Å². The van der Waals surface area contributed by atoms with E-state index in [0.717, 1.165) is 11.8 Å². The Morgan fingerprint density at radius 2 is 1.77 bits per heavy atom. The molecular formula is C24H26F6N2O7. The van der Waals surface area contributed by atoms with Gasteiger partial charge in [-0.25, -0.2) is 13.6 Å². The largest absolute Gasteiger partial charge is 0.482 e. The molecule has 1 N–H and O–H groups in total. The molecule has 0 aromatic heterocycles. The van der Waals surface area contributed by atoms with Gasteiger partial charge in [0.2, 0.25) is 11.7 Å². The van der Waals surface area contributed by atoms with Crippen LogP contribution in [0.5, 0.6) is 5.75 Å². The number of ketones is 1. The molecule has 1 saturated heterocycles. The summed E-state index contributed by atoms with van der Waals surface area (Å²) in [5.41, 5.74) is -0.409. The first-order valence-electron chi connectivity index (χ1n) is 11.6. The quantitative estimate of drug-likeness (QED) is 0.189. The smallest absolute Gasteiger partial charge is 0.422 e. The highest BCUT2D eigenvalue weighted by atomic mass is 19.4. The number of ether oxygens (including phenoxy) is 3. The SMILES string of the molecule is C=CCOC(=O)C[C@H](NC(=O)C1CCN(C(=O)OCC(F)(F)F)CC1)C(=O)COc1c(C)c(F)cc(F)c1F. The normalized spacial score (nSPS) is 14.8. The molecule has 15 heteroatoms. The molecule has 2 amide bonds. The molecule has 9 nitrogen and oxygen atoms in total. The predicted molar refractivity (Wildman–Crippen MR) is 121 cm³/mol. The number of likely N-dealkylation sites (tertiary alicyclic amines) is 1. The van der Waals surface area contributed by atoms with Crippen LogP contribution in [0.3, 0.4) is 0 Å². The standard InChI is InChI=1S/C24H26F6N2O7/c1-3-8-37-19(34)10-17(18(33)11-38-21-13(2)15(25)9-16(26)20(21)27)31-22(35)14-4-6-32(7-5-14)23(36)39-12-24(28,29)30/h3,9,14,17H,1,4-8,10-12H2,2H3,(H,31,35)/t17-/m0/s1. The van der Waals surface area contributed by atoms with E-state index in [4.69, 9.17) is 9.47 Å². The molecule has 1 aliphatic heterocycles. The van der Waals surface area contributed by atoms with Crippen molar-refractivity contribution in [3.63, 3.8) is 0 Å². The second-order valence-electron chi connectivity index (χ2n) is 8.53. The molecule has 1 fully saturated rings. The highest BCUT2D eigenvalue weighted by Crippen LogP contribution is 2.27. The molecule has 0 unspecified atom stereocenters. The Kier molecular flexibility index (Phi) is 11.2. The Balaban J connectivity index is 2.04. The molecular weight excluding hydrogens is 542 g/mol. The summed E-state index contributed by atoms with van der Waals surface area (Å²) >= 11 is 0. The van der Waals surface area contributed by atoms with E-state index in [0.29, 0.717) is 6.07 Å². The third kappa shape index (κ3) is 9.48. The van der Waals surface area contributed by atoms with Crippen molar-refractivity contribution in [3.8, 4) is 5.75 Å².